The predicted octanol–water partition coefficient (Wildman–Crippen LogP) is 5.06. The van der Waals surface area contributed by atoms with Gasteiger partial charge < -0.3 is 10.1 Å². The Morgan fingerprint density at radius 3 is 2.76 bits per heavy atom. The van der Waals surface area contributed by atoms with E-state index >= 15 is 0 Å². The fourth-order valence-electron chi connectivity index (χ4n) is 2.28. The number of ether oxygens (including phenoxy) is 1. The van der Waals surface area contributed by atoms with Crippen molar-refractivity contribution in [1.29, 1.82) is 0 Å². The van der Waals surface area contributed by atoms with E-state index in [0.29, 0.717) is 6.61 Å². The van der Waals surface area contributed by atoms with Crippen molar-refractivity contribution >= 4 is 32.4 Å². The Kier molecular flexibility index (Phi) is 3.80. The molecule has 1 aromatic heterocycles. The van der Waals surface area contributed by atoms with Crippen LogP contribution in [0.3, 0.4) is 0 Å². The molecule has 0 aliphatic rings. The zero-order valence-corrected chi connectivity index (χ0v) is 13.3. The Bertz CT molecular complexity index is 780. The second-order valence-corrected chi connectivity index (χ2v) is 6.06. The molecule has 0 bridgehead atoms. The molecule has 3 rings (SSSR count). The molecule has 2 aromatic carbocycles. The van der Waals surface area contributed by atoms with Crippen molar-refractivity contribution in [2.45, 2.75) is 20.8 Å². The molecule has 0 saturated heterocycles. The average molecular weight is 298 g/mol. The number of rotatable bonds is 4. The first-order valence-electron chi connectivity index (χ1n) is 7.03. The Morgan fingerprint density at radius 2 is 2.00 bits per heavy atom. The molecule has 0 aliphatic heterocycles. The van der Waals surface area contributed by atoms with E-state index in [9.17, 15) is 0 Å². The monoisotopic (exact) mass is 298 g/mol. The third kappa shape index (κ3) is 3.00. The van der Waals surface area contributed by atoms with Gasteiger partial charge in [-0.2, -0.15) is 0 Å². The number of thiazole rings is 1. The number of benzene rings is 2. The summed E-state index contributed by atoms with van der Waals surface area (Å²) in [5.74, 6) is 0.895. The lowest BCUT2D eigenvalue weighted by atomic mass is 10.1. The molecular formula is C17H18N2OS. The van der Waals surface area contributed by atoms with Crippen molar-refractivity contribution in [2.75, 3.05) is 11.9 Å². The van der Waals surface area contributed by atoms with Gasteiger partial charge in [0.1, 0.15) is 5.75 Å². The van der Waals surface area contributed by atoms with Crippen molar-refractivity contribution in [3.63, 3.8) is 0 Å². The highest BCUT2D eigenvalue weighted by Crippen LogP contribution is 2.31. The number of aryl methyl sites for hydroxylation is 2. The summed E-state index contributed by atoms with van der Waals surface area (Å²) < 4.78 is 6.66. The van der Waals surface area contributed by atoms with Crippen LogP contribution in [-0.4, -0.2) is 11.6 Å². The summed E-state index contributed by atoms with van der Waals surface area (Å²) in [7, 11) is 0. The summed E-state index contributed by atoms with van der Waals surface area (Å²) in [6.45, 7) is 6.88. The summed E-state index contributed by atoms with van der Waals surface area (Å²) in [5.41, 5.74) is 4.59. The van der Waals surface area contributed by atoms with Gasteiger partial charge in [0, 0.05) is 5.69 Å². The van der Waals surface area contributed by atoms with E-state index in [4.69, 9.17) is 4.74 Å². The summed E-state index contributed by atoms with van der Waals surface area (Å²) in [6, 6.07) is 12.4. The van der Waals surface area contributed by atoms with E-state index in [0.717, 1.165) is 26.8 Å². The highest BCUT2D eigenvalue weighted by Gasteiger charge is 2.07. The molecular weight excluding hydrogens is 280 g/mol. The lowest BCUT2D eigenvalue weighted by Gasteiger charge is -2.06. The summed E-state index contributed by atoms with van der Waals surface area (Å²) in [6.07, 6.45) is 0. The van der Waals surface area contributed by atoms with E-state index in [2.05, 4.69) is 42.3 Å². The number of aromatic nitrogens is 1. The van der Waals surface area contributed by atoms with Crippen LogP contribution in [0.5, 0.6) is 5.75 Å². The molecule has 1 heterocycles. The topological polar surface area (TPSA) is 34.1 Å². The lowest BCUT2D eigenvalue weighted by Crippen LogP contribution is -1.92. The number of anilines is 2. The Labute approximate surface area is 128 Å². The Morgan fingerprint density at radius 1 is 1.14 bits per heavy atom. The summed E-state index contributed by atoms with van der Waals surface area (Å²) >= 11 is 1.64. The third-order valence-corrected chi connectivity index (χ3v) is 4.23. The van der Waals surface area contributed by atoms with Crippen molar-refractivity contribution in [1.82, 2.24) is 4.98 Å². The fourth-order valence-corrected chi connectivity index (χ4v) is 3.19. The number of nitrogens with one attached hydrogen (secondary N) is 1. The van der Waals surface area contributed by atoms with Gasteiger partial charge in [0.2, 0.25) is 0 Å². The van der Waals surface area contributed by atoms with Gasteiger partial charge in [-0.25, -0.2) is 4.98 Å². The lowest BCUT2D eigenvalue weighted by molar-refractivity contribution is 0.341. The fraction of sp³-hybridized carbons (Fsp3) is 0.235. The normalized spacial score (nSPS) is 10.8. The van der Waals surface area contributed by atoms with Gasteiger partial charge >= 0.3 is 0 Å². The smallest absolute Gasteiger partial charge is 0.188 e. The molecule has 0 fully saturated rings. The van der Waals surface area contributed by atoms with Crippen molar-refractivity contribution in [2.24, 2.45) is 0 Å². The van der Waals surface area contributed by atoms with Crippen LogP contribution in [0, 0.1) is 13.8 Å². The molecule has 0 atom stereocenters. The van der Waals surface area contributed by atoms with Crippen LogP contribution in [-0.2, 0) is 0 Å². The second-order valence-electron chi connectivity index (χ2n) is 5.02. The van der Waals surface area contributed by atoms with Crippen molar-refractivity contribution < 1.29 is 4.74 Å². The quantitative estimate of drug-likeness (QED) is 0.731. The largest absolute Gasteiger partial charge is 0.494 e. The van der Waals surface area contributed by atoms with Crippen molar-refractivity contribution in [3.8, 4) is 5.75 Å². The van der Waals surface area contributed by atoms with Gasteiger partial charge in [-0.1, -0.05) is 29.0 Å². The van der Waals surface area contributed by atoms with Gasteiger partial charge in [-0.05, 0) is 50.6 Å². The number of hydrogen-bond acceptors (Lipinski definition) is 4. The predicted molar refractivity (Wildman–Crippen MR) is 90.0 cm³/mol. The molecule has 0 radical (unpaired) electrons. The van der Waals surface area contributed by atoms with Gasteiger partial charge in [0.15, 0.2) is 5.13 Å². The molecule has 0 saturated carbocycles. The van der Waals surface area contributed by atoms with Crippen LogP contribution >= 0.6 is 11.3 Å². The number of fused-ring (bicyclic) bond motifs is 1. The summed E-state index contributed by atoms with van der Waals surface area (Å²) in [4.78, 5) is 4.62. The van der Waals surface area contributed by atoms with E-state index in [-0.39, 0.29) is 0 Å². The van der Waals surface area contributed by atoms with Crippen LogP contribution in [0.1, 0.15) is 18.1 Å². The van der Waals surface area contributed by atoms with E-state index in [1.165, 1.54) is 11.1 Å². The zero-order chi connectivity index (χ0) is 14.8. The molecule has 21 heavy (non-hydrogen) atoms. The molecule has 3 nitrogen and oxygen atoms in total. The van der Waals surface area contributed by atoms with E-state index in [1.807, 2.05) is 25.1 Å². The maximum absolute atomic E-state index is 5.53. The van der Waals surface area contributed by atoms with Crippen LogP contribution in [0.25, 0.3) is 10.2 Å². The Balaban J connectivity index is 1.90. The van der Waals surface area contributed by atoms with Crippen LogP contribution in [0.2, 0.25) is 0 Å². The molecule has 108 valence electrons. The first kappa shape index (κ1) is 13.9. The maximum Gasteiger partial charge on any atom is 0.188 e. The highest BCUT2D eigenvalue weighted by atomic mass is 32.1. The molecule has 3 aromatic rings. The minimum absolute atomic E-state index is 0.679. The number of nitrogens with zero attached hydrogens (tertiary/aromatic N) is 1. The SMILES string of the molecule is CCOc1ccc2nc(Nc3ccc(C)cc3C)sc2c1. The third-order valence-electron chi connectivity index (χ3n) is 3.29. The van der Waals surface area contributed by atoms with Gasteiger partial charge in [-0.3, -0.25) is 0 Å². The second kappa shape index (κ2) is 5.74. The first-order valence-corrected chi connectivity index (χ1v) is 7.85. The summed E-state index contributed by atoms with van der Waals surface area (Å²) in [5, 5.41) is 4.31. The van der Waals surface area contributed by atoms with Crippen LogP contribution in [0.15, 0.2) is 36.4 Å². The van der Waals surface area contributed by atoms with Gasteiger partial charge in [0.25, 0.3) is 0 Å². The minimum atomic E-state index is 0.679. The van der Waals surface area contributed by atoms with Crippen LogP contribution in [0.4, 0.5) is 10.8 Å². The molecule has 0 aliphatic carbocycles. The van der Waals surface area contributed by atoms with Crippen LogP contribution < -0.4 is 10.1 Å². The van der Waals surface area contributed by atoms with Gasteiger partial charge in [-0.15, -0.1) is 0 Å². The maximum atomic E-state index is 5.53. The molecule has 0 spiro atoms. The van der Waals surface area contributed by atoms with Gasteiger partial charge in [0.05, 0.1) is 16.8 Å². The minimum Gasteiger partial charge on any atom is -0.494 e. The van der Waals surface area contributed by atoms with E-state index in [1.54, 1.807) is 11.3 Å². The first-order chi connectivity index (χ1) is 10.2. The Hall–Kier alpha value is -2.07. The highest BCUT2D eigenvalue weighted by molar-refractivity contribution is 7.22. The molecule has 4 heteroatoms. The standard InChI is InChI=1S/C17H18N2OS/c1-4-20-13-6-8-15-16(10-13)21-17(19-15)18-14-7-5-11(2)9-12(14)3/h5-10H,4H2,1-3H3,(H,18,19). The average Bonchev–Trinajstić information content (AvgIpc) is 2.84. The van der Waals surface area contributed by atoms with E-state index < -0.39 is 0 Å². The van der Waals surface area contributed by atoms with Crippen molar-refractivity contribution in [3.05, 3.63) is 47.5 Å². The molecule has 1 N–H and O–H groups in total. The molecule has 0 amide bonds. The zero-order valence-electron chi connectivity index (χ0n) is 12.4. The number of hydrogen-bond donors (Lipinski definition) is 1. The molecule has 0 unspecified atom stereocenters.